The maximum Gasteiger partial charge on any atom is 0.328 e. The molecule has 1 aromatic carbocycles. The maximum atomic E-state index is 10.9. The topological polar surface area (TPSA) is 55.8 Å². The van der Waals surface area contributed by atoms with Crippen LogP contribution < -0.4 is 9.47 Å². The molecule has 0 unspecified atom stereocenters. The molecule has 1 aromatic rings. The van der Waals surface area contributed by atoms with Gasteiger partial charge >= 0.3 is 5.97 Å². The van der Waals surface area contributed by atoms with Crippen LogP contribution in [0.2, 0.25) is 0 Å². The third-order valence-corrected chi connectivity index (χ3v) is 2.62. The van der Waals surface area contributed by atoms with E-state index in [4.69, 9.17) is 14.6 Å². The molecule has 0 radical (unpaired) electrons. The molecule has 0 saturated heterocycles. The number of hydrogen-bond acceptors (Lipinski definition) is 3. The zero-order valence-corrected chi connectivity index (χ0v) is 11.1. The second-order valence-corrected chi connectivity index (χ2v) is 4.16. The van der Waals surface area contributed by atoms with E-state index < -0.39 is 5.97 Å². The lowest BCUT2D eigenvalue weighted by molar-refractivity contribution is -0.131. The summed E-state index contributed by atoms with van der Waals surface area (Å²) in [4.78, 5) is 10.9. The van der Waals surface area contributed by atoms with Crippen LogP contribution in [0.15, 0.2) is 24.3 Å². The molecule has 4 nitrogen and oxygen atoms in total. The van der Waals surface area contributed by atoms with Crippen molar-refractivity contribution < 1.29 is 19.4 Å². The van der Waals surface area contributed by atoms with Gasteiger partial charge in [0.05, 0.1) is 14.2 Å². The second kappa shape index (κ2) is 6.10. The van der Waals surface area contributed by atoms with Crippen molar-refractivity contribution >= 4 is 11.5 Å². The number of carboxylic acids is 1. The fourth-order valence-corrected chi connectivity index (χ4v) is 1.73. The van der Waals surface area contributed by atoms with Gasteiger partial charge in [-0.2, -0.15) is 0 Å². The molecule has 1 rings (SSSR count). The monoisotopic (exact) mass is 250 g/mol. The Bertz CT molecular complexity index is 461. The highest BCUT2D eigenvalue weighted by Crippen LogP contribution is 2.33. The molecule has 0 aliphatic rings. The smallest absolute Gasteiger partial charge is 0.328 e. The van der Waals surface area contributed by atoms with Crippen LogP contribution in [0, 0.1) is 5.92 Å². The molecule has 0 aromatic heterocycles. The third-order valence-electron chi connectivity index (χ3n) is 2.62. The van der Waals surface area contributed by atoms with Gasteiger partial charge in [-0.1, -0.05) is 13.8 Å². The minimum atomic E-state index is -0.969. The SMILES string of the molecule is COc1ccc(OC)c(/C(=C/C(=O)O)C(C)C)c1. The molecule has 0 atom stereocenters. The Morgan fingerprint density at radius 2 is 1.94 bits per heavy atom. The summed E-state index contributed by atoms with van der Waals surface area (Å²) in [6.07, 6.45) is 1.21. The number of hydrogen-bond donors (Lipinski definition) is 1. The summed E-state index contributed by atoms with van der Waals surface area (Å²) in [5.74, 6) is 0.408. The molecule has 98 valence electrons. The van der Waals surface area contributed by atoms with Gasteiger partial charge in [-0.25, -0.2) is 4.79 Å². The molecule has 18 heavy (non-hydrogen) atoms. The van der Waals surface area contributed by atoms with E-state index in [1.807, 2.05) is 13.8 Å². The van der Waals surface area contributed by atoms with E-state index in [0.717, 1.165) is 5.56 Å². The molecule has 0 aliphatic heterocycles. The fourth-order valence-electron chi connectivity index (χ4n) is 1.73. The van der Waals surface area contributed by atoms with Crippen LogP contribution in [0.3, 0.4) is 0 Å². The van der Waals surface area contributed by atoms with Crippen molar-refractivity contribution in [2.75, 3.05) is 14.2 Å². The number of carbonyl (C=O) groups is 1. The van der Waals surface area contributed by atoms with E-state index >= 15 is 0 Å². The van der Waals surface area contributed by atoms with Crippen LogP contribution in [0.4, 0.5) is 0 Å². The first-order valence-corrected chi connectivity index (χ1v) is 5.66. The Labute approximate surface area is 107 Å². The van der Waals surface area contributed by atoms with Crippen LogP contribution >= 0.6 is 0 Å². The summed E-state index contributed by atoms with van der Waals surface area (Å²) in [5, 5.41) is 8.94. The first kappa shape index (κ1) is 14.1. The molecule has 4 heteroatoms. The lowest BCUT2D eigenvalue weighted by Crippen LogP contribution is -2.01. The molecular weight excluding hydrogens is 232 g/mol. The number of carboxylic acid groups (broad SMARTS) is 1. The highest BCUT2D eigenvalue weighted by Gasteiger charge is 2.14. The van der Waals surface area contributed by atoms with Crippen molar-refractivity contribution in [3.63, 3.8) is 0 Å². The summed E-state index contributed by atoms with van der Waals surface area (Å²) in [6, 6.07) is 5.33. The van der Waals surface area contributed by atoms with Crippen molar-refractivity contribution in [3.05, 3.63) is 29.8 Å². The molecule has 0 bridgehead atoms. The maximum absolute atomic E-state index is 10.9. The zero-order chi connectivity index (χ0) is 13.7. The van der Waals surface area contributed by atoms with Gasteiger partial charge in [0.2, 0.25) is 0 Å². The van der Waals surface area contributed by atoms with Gasteiger partial charge in [0.1, 0.15) is 11.5 Å². The first-order valence-electron chi connectivity index (χ1n) is 5.66. The zero-order valence-electron chi connectivity index (χ0n) is 11.1. The summed E-state index contributed by atoms with van der Waals surface area (Å²) in [7, 11) is 3.13. The van der Waals surface area contributed by atoms with E-state index in [0.29, 0.717) is 17.1 Å². The Kier molecular flexibility index (Phi) is 4.77. The van der Waals surface area contributed by atoms with E-state index in [1.54, 1.807) is 32.4 Å². The van der Waals surface area contributed by atoms with Gasteiger partial charge < -0.3 is 14.6 Å². The number of aliphatic carboxylic acids is 1. The molecule has 0 spiro atoms. The molecule has 0 heterocycles. The minimum Gasteiger partial charge on any atom is -0.497 e. The van der Waals surface area contributed by atoms with Crippen LogP contribution in [0.25, 0.3) is 5.57 Å². The largest absolute Gasteiger partial charge is 0.497 e. The van der Waals surface area contributed by atoms with E-state index in [-0.39, 0.29) is 5.92 Å². The van der Waals surface area contributed by atoms with Gasteiger partial charge in [-0.3, -0.25) is 0 Å². The van der Waals surface area contributed by atoms with Gasteiger partial charge in [-0.05, 0) is 29.7 Å². The quantitative estimate of drug-likeness (QED) is 0.816. The molecule has 0 amide bonds. The van der Waals surface area contributed by atoms with Crippen molar-refractivity contribution in [3.8, 4) is 11.5 Å². The lowest BCUT2D eigenvalue weighted by atomic mass is 9.94. The summed E-state index contributed by atoms with van der Waals surface area (Å²) < 4.78 is 10.4. The summed E-state index contributed by atoms with van der Waals surface area (Å²) in [5.41, 5.74) is 1.45. The number of benzene rings is 1. The third kappa shape index (κ3) is 3.26. The van der Waals surface area contributed by atoms with Crippen LogP contribution in [-0.4, -0.2) is 25.3 Å². The predicted octanol–water partition coefficient (Wildman–Crippen LogP) is 2.83. The number of rotatable bonds is 5. The van der Waals surface area contributed by atoms with Crippen molar-refractivity contribution in [1.82, 2.24) is 0 Å². The Morgan fingerprint density at radius 1 is 1.28 bits per heavy atom. The minimum absolute atomic E-state index is 0.0714. The number of methoxy groups -OCH3 is 2. The van der Waals surface area contributed by atoms with E-state index in [1.165, 1.54) is 6.08 Å². The van der Waals surface area contributed by atoms with Gasteiger partial charge in [0.25, 0.3) is 0 Å². The molecule has 0 saturated carbocycles. The summed E-state index contributed by atoms with van der Waals surface area (Å²) >= 11 is 0. The van der Waals surface area contributed by atoms with Crippen molar-refractivity contribution in [2.24, 2.45) is 5.92 Å². The van der Waals surface area contributed by atoms with Gasteiger partial charge in [0.15, 0.2) is 0 Å². The van der Waals surface area contributed by atoms with Crippen molar-refractivity contribution in [1.29, 1.82) is 0 Å². The predicted molar refractivity (Wildman–Crippen MR) is 70.0 cm³/mol. The molecule has 0 aliphatic carbocycles. The van der Waals surface area contributed by atoms with Crippen LogP contribution in [0.5, 0.6) is 11.5 Å². The number of ether oxygens (including phenoxy) is 2. The summed E-state index contributed by atoms with van der Waals surface area (Å²) in [6.45, 7) is 3.88. The second-order valence-electron chi connectivity index (χ2n) is 4.16. The van der Waals surface area contributed by atoms with Crippen molar-refractivity contribution in [2.45, 2.75) is 13.8 Å². The molecule has 0 fully saturated rings. The van der Waals surface area contributed by atoms with Crippen LogP contribution in [0.1, 0.15) is 19.4 Å². The molecule has 1 N–H and O–H groups in total. The normalized spacial score (nSPS) is 11.5. The highest BCUT2D eigenvalue weighted by atomic mass is 16.5. The molecular formula is C14H18O4. The average Bonchev–Trinajstić information content (AvgIpc) is 2.34. The standard InChI is InChI=1S/C14H18O4/c1-9(2)11(8-14(15)16)12-7-10(17-3)5-6-13(12)18-4/h5-9H,1-4H3,(H,15,16)/b11-8+. The van der Waals surface area contributed by atoms with E-state index in [2.05, 4.69) is 0 Å². The fraction of sp³-hybridized carbons (Fsp3) is 0.357. The lowest BCUT2D eigenvalue weighted by Gasteiger charge is -2.16. The average molecular weight is 250 g/mol. The Hall–Kier alpha value is -1.97. The Balaban J connectivity index is 3.38. The van der Waals surface area contributed by atoms with Crippen LogP contribution in [-0.2, 0) is 4.79 Å². The number of allylic oxidation sites excluding steroid dienone is 1. The highest BCUT2D eigenvalue weighted by molar-refractivity contribution is 5.91. The van der Waals surface area contributed by atoms with Gasteiger partial charge in [-0.15, -0.1) is 0 Å². The van der Waals surface area contributed by atoms with E-state index in [9.17, 15) is 4.79 Å². The first-order chi connectivity index (χ1) is 8.49. The Morgan fingerprint density at radius 3 is 2.39 bits per heavy atom. The van der Waals surface area contributed by atoms with Gasteiger partial charge in [0, 0.05) is 11.6 Å².